The van der Waals surface area contributed by atoms with Gasteiger partial charge in [0.15, 0.2) is 0 Å². The molecule has 0 radical (unpaired) electrons. The van der Waals surface area contributed by atoms with E-state index in [-0.39, 0.29) is 0 Å². The van der Waals surface area contributed by atoms with Crippen LogP contribution in [-0.4, -0.2) is 6.03 Å². The van der Waals surface area contributed by atoms with Gasteiger partial charge in [0.2, 0.25) is 0 Å². The van der Waals surface area contributed by atoms with Crippen molar-refractivity contribution in [3.05, 3.63) is 57.0 Å². The van der Waals surface area contributed by atoms with Crippen LogP contribution < -0.4 is 10.6 Å². The number of nitrogens with zero attached hydrogens (tertiary/aromatic N) is 1. The van der Waals surface area contributed by atoms with Crippen LogP contribution in [-0.2, 0) is 0 Å². The zero-order valence-corrected chi connectivity index (χ0v) is 13.4. The van der Waals surface area contributed by atoms with Crippen molar-refractivity contribution >= 4 is 44.9 Å². The minimum absolute atomic E-state index is 0.385. The zero-order valence-electron chi connectivity index (χ0n) is 11.1. The number of nitriles is 1. The van der Waals surface area contributed by atoms with Crippen molar-refractivity contribution in [2.45, 2.75) is 6.92 Å². The predicted octanol–water partition coefficient (Wildman–Crippen LogP) is 4.93. The lowest BCUT2D eigenvalue weighted by atomic mass is 10.2. The molecule has 106 valence electrons. The highest BCUT2D eigenvalue weighted by molar-refractivity contribution is 9.10. The number of rotatable bonds is 2. The molecule has 0 saturated heterocycles. The van der Waals surface area contributed by atoms with Crippen molar-refractivity contribution in [3.63, 3.8) is 0 Å². The van der Waals surface area contributed by atoms with Gasteiger partial charge in [-0.1, -0.05) is 33.6 Å². The van der Waals surface area contributed by atoms with Crippen LogP contribution in [0.4, 0.5) is 16.2 Å². The van der Waals surface area contributed by atoms with Crippen LogP contribution in [0.2, 0.25) is 5.02 Å². The largest absolute Gasteiger partial charge is 0.323 e. The molecule has 0 fully saturated rings. The fraction of sp³-hybridized carbons (Fsp3) is 0.0667. The summed E-state index contributed by atoms with van der Waals surface area (Å²) in [6, 6.07) is 11.9. The van der Waals surface area contributed by atoms with Gasteiger partial charge in [0.1, 0.15) is 6.07 Å². The van der Waals surface area contributed by atoms with Crippen molar-refractivity contribution in [2.24, 2.45) is 0 Å². The summed E-state index contributed by atoms with van der Waals surface area (Å²) in [7, 11) is 0. The monoisotopic (exact) mass is 363 g/mol. The Kier molecular flexibility index (Phi) is 4.84. The van der Waals surface area contributed by atoms with Crippen molar-refractivity contribution in [2.75, 3.05) is 10.6 Å². The molecule has 0 bridgehead atoms. The van der Waals surface area contributed by atoms with Gasteiger partial charge in [-0.05, 0) is 42.8 Å². The Morgan fingerprint density at radius 1 is 1.24 bits per heavy atom. The second kappa shape index (κ2) is 6.61. The van der Waals surface area contributed by atoms with E-state index in [1.807, 2.05) is 19.1 Å². The number of hydrogen-bond donors (Lipinski definition) is 2. The molecule has 2 aromatic rings. The second-order valence-electron chi connectivity index (χ2n) is 4.34. The summed E-state index contributed by atoms with van der Waals surface area (Å²) < 4.78 is 0.773. The van der Waals surface area contributed by atoms with E-state index in [9.17, 15) is 4.79 Å². The van der Waals surface area contributed by atoms with Gasteiger partial charge in [0.05, 0.1) is 11.3 Å². The average molecular weight is 365 g/mol. The van der Waals surface area contributed by atoms with Gasteiger partial charge >= 0.3 is 6.03 Å². The maximum Gasteiger partial charge on any atom is 0.323 e. The van der Waals surface area contributed by atoms with E-state index in [0.29, 0.717) is 22.0 Å². The summed E-state index contributed by atoms with van der Waals surface area (Å²) in [6.45, 7) is 1.88. The molecule has 0 atom stereocenters. The van der Waals surface area contributed by atoms with Crippen LogP contribution in [0.25, 0.3) is 0 Å². The Balaban J connectivity index is 2.13. The highest BCUT2D eigenvalue weighted by atomic mass is 79.9. The van der Waals surface area contributed by atoms with E-state index in [1.165, 1.54) is 0 Å². The van der Waals surface area contributed by atoms with E-state index >= 15 is 0 Å². The number of benzene rings is 2. The van der Waals surface area contributed by atoms with E-state index in [1.54, 1.807) is 30.3 Å². The molecule has 0 spiro atoms. The maximum atomic E-state index is 12.0. The molecule has 2 amide bonds. The first-order valence-corrected chi connectivity index (χ1v) is 7.20. The lowest BCUT2D eigenvalue weighted by Crippen LogP contribution is -2.20. The highest BCUT2D eigenvalue weighted by Crippen LogP contribution is 2.22. The molecule has 0 aromatic heterocycles. The van der Waals surface area contributed by atoms with Crippen LogP contribution in [0.15, 0.2) is 40.9 Å². The van der Waals surface area contributed by atoms with Crippen LogP contribution in [0.5, 0.6) is 0 Å². The molecule has 0 aliphatic carbocycles. The second-order valence-corrected chi connectivity index (χ2v) is 5.67. The number of carbonyl (C=O) groups excluding carboxylic acids is 1. The van der Waals surface area contributed by atoms with Gasteiger partial charge < -0.3 is 10.6 Å². The molecule has 6 heteroatoms. The number of anilines is 2. The van der Waals surface area contributed by atoms with Crippen LogP contribution >= 0.6 is 27.5 Å². The number of carbonyl (C=O) groups is 1. The van der Waals surface area contributed by atoms with Crippen LogP contribution in [0.1, 0.15) is 11.1 Å². The molecule has 0 aliphatic heterocycles. The number of aryl methyl sites for hydroxylation is 1. The lowest BCUT2D eigenvalue weighted by Gasteiger charge is -2.10. The SMILES string of the molecule is Cc1ccc(NC(=O)Nc2cc(Br)ccc2C#N)cc1Cl. The van der Waals surface area contributed by atoms with Gasteiger partial charge in [-0.15, -0.1) is 0 Å². The third-order valence-electron chi connectivity index (χ3n) is 2.78. The number of halogens is 2. The molecular weight excluding hydrogens is 354 g/mol. The van der Waals surface area contributed by atoms with Crippen LogP contribution in [0, 0.1) is 18.3 Å². The molecular formula is C15H11BrClN3O. The molecule has 2 rings (SSSR count). The fourth-order valence-corrected chi connectivity index (χ4v) is 2.21. The zero-order chi connectivity index (χ0) is 15.4. The van der Waals surface area contributed by atoms with E-state index in [4.69, 9.17) is 16.9 Å². The summed E-state index contributed by atoms with van der Waals surface area (Å²) in [5.74, 6) is 0. The molecule has 0 unspecified atom stereocenters. The third kappa shape index (κ3) is 3.97. The summed E-state index contributed by atoms with van der Waals surface area (Å²) in [4.78, 5) is 12.0. The van der Waals surface area contributed by atoms with Crippen LogP contribution in [0.3, 0.4) is 0 Å². The maximum absolute atomic E-state index is 12.0. The first-order chi connectivity index (χ1) is 9.99. The van der Waals surface area contributed by atoms with E-state index in [2.05, 4.69) is 26.6 Å². The minimum Gasteiger partial charge on any atom is -0.308 e. The number of hydrogen-bond acceptors (Lipinski definition) is 2. The van der Waals surface area contributed by atoms with Gasteiger partial charge in [0, 0.05) is 15.2 Å². The first-order valence-electron chi connectivity index (χ1n) is 6.03. The Bertz CT molecular complexity index is 740. The molecule has 21 heavy (non-hydrogen) atoms. The smallest absolute Gasteiger partial charge is 0.308 e. The van der Waals surface area contributed by atoms with Gasteiger partial charge in [-0.25, -0.2) is 4.79 Å². The summed E-state index contributed by atoms with van der Waals surface area (Å²) >= 11 is 9.31. The highest BCUT2D eigenvalue weighted by Gasteiger charge is 2.08. The minimum atomic E-state index is -0.440. The Morgan fingerprint density at radius 3 is 2.67 bits per heavy atom. The molecule has 0 saturated carbocycles. The van der Waals surface area contributed by atoms with Crippen molar-refractivity contribution < 1.29 is 4.79 Å². The molecule has 2 aromatic carbocycles. The van der Waals surface area contributed by atoms with Gasteiger partial charge in [-0.2, -0.15) is 5.26 Å². The average Bonchev–Trinajstić information content (AvgIpc) is 2.43. The fourth-order valence-electron chi connectivity index (χ4n) is 1.67. The summed E-state index contributed by atoms with van der Waals surface area (Å²) in [5, 5.41) is 14.9. The molecule has 2 N–H and O–H groups in total. The Morgan fingerprint density at radius 2 is 2.00 bits per heavy atom. The molecule has 0 aliphatic rings. The van der Waals surface area contributed by atoms with Crippen molar-refractivity contribution in [1.82, 2.24) is 0 Å². The molecule has 4 nitrogen and oxygen atoms in total. The first kappa shape index (κ1) is 15.4. The standard InChI is InChI=1S/C15H11BrClN3O/c1-9-2-5-12(7-13(9)17)19-15(21)20-14-6-11(16)4-3-10(14)8-18/h2-7H,1H3,(H2,19,20,21). The number of amides is 2. The van der Waals surface area contributed by atoms with Crippen molar-refractivity contribution in [3.8, 4) is 6.07 Å². The topological polar surface area (TPSA) is 64.9 Å². The molecule has 0 heterocycles. The lowest BCUT2D eigenvalue weighted by molar-refractivity contribution is 0.262. The Labute approximate surface area is 135 Å². The number of nitrogens with one attached hydrogen (secondary N) is 2. The normalized spacial score (nSPS) is 9.81. The Hall–Kier alpha value is -2.03. The summed E-state index contributed by atoms with van der Waals surface area (Å²) in [6.07, 6.45) is 0. The quantitative estimate of drug-likeness (QED) is 0.794. The number of urea groups is 1. The predicted molar refractivity (Wildman–Crippen MR) is 87.7 cm³/mol. The third-order valence-corrected chi connectivity index (χ3v) is 3.68. The van der Waals surface area contributed by atoms with Gasteiger partial charge in [0.25, 0.3) is 0 Å². The van der Waals surface area contributed by atoms with E-state index in [0.717, 1.165) is 10.0 Å². The summed E-state index contributed by atoms with van der Waals surface area (Å²) in [5.41, 5.74) is 2.33. The van der Waals surface area contributed by atoms with Gasteiger partial charge in [-0.3, -0.25) is 0 Å². The van der Waals surface area contributed by atoms with E-state index < -0.39 is 6.03 Å². The van der Waals surface area contributed by atoms with Crippen molar-refractivity contribution in [1.29, 1.82) is 5.26 Å².